The highest BCUT2D eigenvalue weighted by Crippen LogP contribution is 2.28. The molecule has 0 spiro atoms. The van der Waals surface area contributed by atoms with Gasteiger partial charge in [0, 0.05) is 16.5 Å². The van der Waals surface area contributed by atoms with E-state index in [4.69, 9.17) is 9.47 Å². The lowest BCUT2D eigenvalue weighted by atomic mass is 10.1. The summed E-state index contributed by atoms with van der Waals surface area (Å²) in [5, 5.41) is 0.972. The van der Waals surface area contributed by atoms with Crippen molar-refractivity contribution in [3.05, 3.63) is 58.8 Å². The predicted octanol–water partition coefficient (Wildman–Crippen LogP) is 3.66. The van der Waals surface area contributed by atoms with Gasteiger partial charge in [0.2, 0.25) is 0 Å². The molecule has 2 aromatic carbocycles. The molecule has 152 valence electrons. The first-order chi connectivity index (χ1) is 13.9. The van der Waals surface area contributed by atoms with Gasteiger partial charge >= 0.3 is 0 Å². The Morgan fingerprint density at radius 2 is 1.76 bits per heavy atom. The third-order valence-corrected chi connectivity index (χ3v) is 4.51. The number of hydrazine groups is 1. The number of amides is 2. The normalized spacial score (nSPS) is 10.6. The van der Waals surface area contributed by atoms with Gasteiger partial charge in [-0.15, -0.1) is 0 Å². The third-order valence-electron chi connectivity index (χ3n) is 4.51. The number of aryl methyl sites for hydroxylation is 2. The zero-order valence-corrected chi connectivity index (χ0v) is 17.0. The van der Waals surface area contributed by atoms with Crippen molar-refractivity contribution in [2.75, 3.05) is 13.7 Å². The number of nitrogens with one attached hydrogen (secondary N) is 3. The van der Waals surface area contributed by atoms with E-state index in [9.17, 15) is 9.59 Å². The minimum Gasteiger partial charge on any atom is -0.493 e. The van der Waals surface area contributed by atoms with E-state index in [-0.39, 0.29) is 0 Å². The zero-order chi connectivity index (χ0) is 21.0. The molecule has 0 aliphatic rings. The summed E-state index contributed by atoms with van der Waals surface area (Å²) in [7, 11) is 1.51. The Hall–Kier alpha value is -3.48. The van der Waals surface area contributed by atoms with Crippen molar-refractivity contribution in [2.24, 2.45) is 0 Å². The van der Waals surface area contributed by atoms with Crippen molar-refractivity contribution in [3.63, 3.8) is 0 Å². The van der Waals surface area contributed by atoms with E-state index in [1.807, 2.05) is 26.8 Å². The fourth-order valence-corrected chi connectivity index (χ4v) is 3.11. The fraction of sp³-hybridized carbons (Fsp3) is 0.273. The van der Waals surface area contributed by atoms with Gasteiger partial charge < -0.3 is 14.5 Å². The van der Waals surface area contributed by atoms with E-state index >= 15 is 0 Å². The molecule has 3 rings (SSSR count). The summed E-state index contributed by atoms with van der Waals surface area (Å²) in [4.78, 5) is 27.9. The van der Waals surface area contributed by atoms with Crippen LogP contribution in [0.4, 0.5) is 0 Å². The number of aromatic nitrogens is 1. The Morgan fingerprint density at radius 3 is 2.48 bits per heavy atom. The molecule has 0 saturated carbocycles. The Bertz CT molecular complexity index is 1060. The minimum absolute atomic E-state index is 0.342. The number of fused-ring (bicyclic) bond motifs is 1. The number of hydrogen-bond donors (Lipinski definition) is 3. The van der Waals surface area contributed by atoms with Gasteiger partial charge in [-0.3, -0.25) is 20.4 Å². The lowest BCUT2D eigenvalue weighted by molar-refractivity contribution is 0.0844. The summed E-state index contributed by atoms with van der Waals surface area (Å²) in [5.74, 6) is 0.140. The SMILES string of the molecule is CCCOc1ccc(C(=O)NNC(=O)c2cc3c(C)cc(C)cc3[nH]2)cc1OC. The van der Waals surface area contributed by atoms with Crippen LogP contribution in [-0.2, 0) is 0 Å². The van der Waals surface area contributed by atoms with Crippen LogP contribution in [0.15, 0.2) is 36.4 Å². The zero-order valence-electron chi connectivity index (χ0n) is 17.0. The Morgan fingerprint density at radius 1 is 1.00 bits per heavy atom. The van der Waals surface area contributed by atoms with Crippen LogP contribution in [0.3, 0.4) is 0 Å². The standard InChI is InChI=1S/C22H25N3O4/c1-5-8-29-19-7-6-15(11-20(19)28-4)21(26)24-25-22(27)18-12-16-14(3)9-13(2)10-17(16)23-18/h6-7,9-12,23H,5,8H2,1-4H3,(H,24,26)(H,25,27). The van der Waals surface area contributed by atoms with Crippen LogP contribution in [-0.4, -0.2) is 30.5 Å². The number of hydrogen-bond acceptors (Lipinski definition) is 4. The van der Waals surface area contributed by atoms with Gasteiger partial charge in [0.05, 0.1) is 13.7 Å². The number of carbonyl (C=O) groups is 2. The smallest absolute Gasteiger partial charge is 0.286 e. The molecule has 2 amide bonds. The third kappa shape index (κ3) is 4.51. The molecule has 1 heterocycles. The number of ether oxygens (including phenoxy) is 2. The molecule has 3 aromatic rings. The quantitative estimate of drug-likeness (QED) is 0.556. The summed E-state index contributed by atoms with van der Waals surface area (Å²) in [5.41, 5.74) is 8.65. The lowest BCUT2D eigenvalue weighted by Crippen LogP contribution is -2.41. The van der Waals surface area contributed by atoms with Gasteiger partial charge in [-0.05, 0) is 61.7 Å². The van der Waals surface area contributed by atoms with Gasteiger partial charge in [-0.2, -0.15) is 0 Å². The maximum absolute atomic E-state index is 12.4. The number of benzene rings is 2. The highest BCUT2D eigenvalue weighted by atomic mass is 16.5. The Balaban J connectivity index is 1.68. The van der Waals surface area contributed by atoms with Crippen LogP contribution in [0, 0.1) is 13.8 Å². The molecule has 3 N–H and O–H groups in total. The van der Waals surface area contributed by atoms with Gasteiger partial charge in [0.25, 0.3) is 11.8 Å². The number of H-pyrrole nitrogens is 1. The molecule has 7 nitrogen and oxygen atoms in total. The Labute approximate surface area is 169 Å². The van der Waals surface area contributed by atoms with Crippen LogP contribution in [0.2, 0.25) is 0 Å². The van der Waals surface area contributed by atoms with Crippen molar-refractivity contribution in [1.82, 2.24) is 15.8 Å². The van der Waals surface area contributed by atoms with Crippen LogP contribution in [0.5, 0.6) is 11.5 Å². The van der Waals surface area contributed by atoms with E-state index in [2.05, 4.69) is 21.9 Å². The lowest BCUT2D eigenvalue weighted by Gasteiger charge is -2.12. The molecular formula is C22H25N3O4. The van der Waals surface area contributed by atoms with Crippen molar-refractivity contribution in [1.29, 1.82) is 0 Å². The molecule has 0 fully saturated rings. The van der Waals surface area contributed by atoms with Gasteiger partial charge in [-0.1, -0.05) is 13.0 Å². The fourth-order valence-electron chi connectivity index (χ4n) is 3.11. The highest BCUT2D eigenvalue weighted by molar-refractivity contribution is 6.01. The first-order valence-corrected chi connectivity index (χ1v) is 9.44. The first kappa shape index (κ1) is 20.3. The summed E-state index contributed by atoms with van der Waals surface area (Å²) in [6.07, 6.45) is 0.865. The van der Waals surface area contributed by atoms with Crippen molar-refractivity contribution < 1.29 is 19.1 Å². The van der Waals surface area contributed by atoms with Crippen LogP contribution >= 0.6 is 0 Å². The maximum atomic E-state index is 12.4. The second-order valence-electron chi connectivity index (χ2n) is 6.85. The number of carbonyl (C=O) groups excluding carboxylic acids is 2. The van der Waals surface area contributed by atoms with Crippen molar-refractivity contribution in [2.45, 2.75) is 27.2 Å². The minimum atomic E-state index is -0.457. The van der Waals surface area contributed by atoms with E-state index in [1.54, 1.807) is 24.3 Å². The average molecular weight is 395 g/mol. The molecular weight excluding hydrogens is 370 g/mol. The van der Waals surface area contributed by atoms with Crippen LogP contribution in [0.1, 0.15) is 45.3 Å². The summed E-state index contributed by atoms with van der Waals surface area (Å²) in [6, 6.07) is 10.7. The summed E-state index contributed by atoms with van der Waals surface area (Å²) < 4.78 is 10.9. The molecule has 0 atom stereocenters. The van der Waals surface area contributed by atoms with E-state index in [1.165, 1.54) is 7.11 Å². The average Bonchev–Trinajstić information content (AvgIpc) is 3.14. The van der Waals surface area contributed by atoms with E-state index < -0.39 is 11.8 Å². The largest absolute Gasteiger partial charge is 0.493 e. The molecule has 0 radical (unpaired) electrons. The second kappa shape index (κ2) is 8.68. The van der Waals surface area contributed by atoms with Crippen LogP contribution in [0.25, 0.3) is 10.9 Å². The topological polar surface area (TPSA) is 92.5 Å². The van der Waals surface area contributed by atoms with Gasteiger partial charge in [0.15, 0.2) is 11.5 Å². The molecule has 0 saturated heterocycles. The molecule has 0 unspecified atom stereocenters. The molecule has 7 heteroatoms. The number of rotatable bonds is 6. The Kier molecular flexibility index (Phi) is 6.07. The van der Waals surface area contributed by atoms with Gasteiger partial charge in [-0.25, -0.2) is 0 Å². The second-order valence-corrected chi connectivity index (χ2v) is 6.85. The number of aromatic amines is 1. The van der Waals surface area contributed by atoms with Crippen LogP contribution < -0.4 is 20.3 Å². The highest BCUT2D eigenvalue weighted by Gasteiger charge is 2.14. The first-order valence-electron chi connectivity index (χ1n) is 9.44. The maximum Gasteiger partial charge on any atom is 0.286 e. The van der Waals surface area contributed by atoms with E-state index in [0.717, 1.165) is 28.5 Å². The number of methoxy groups -OCH3 is 1. The predicted molar refractivity (Wildman–Crippen MR) is 111 cm³/mol. The molecule has 29 heavy (non-hydrogen) atoms. The monoisotopic (exact) mass is 395 g/mol. The molecule has 0 aliphatic carbocycles. The summed E-state index contributed by atoms with van der Waals surface area (Å²) >= 11 is 0. The van der Waals surface area contributed by atoms with E-state index in [0.29, 0.717) is 29.4 Å². The van der Waals surface area contributed by atoms with Gasteiger partial charge in [0.1, 0.15) is 5.69 Å². The molecule has 0 bridgehead atoms. The van der Waals surface area contributed by atoms with Crippen molar-refractivity contribution >= 4 is 22.7 Å². The molecule has 0 aliphatic heterocycles. The molecule has 1 aromatic heterocycles. The summed E-state index contributed by atoms with van der Waals surface area (Å²) in [6.45, 7) is 6.56. The van der Waals surface area contributed by atoms with Crippen molar-refractivity contribution in [3.8, 4) is 11.5 Å².